The maximum absolute atomic E-state index is 10.9. The van der Waals surface area contributed by atoms with E-state index in [1.807, 2.05) is 24.3 Å². The minimum atomic E-state index is -0.782. The molecule has 1 unspecified atom stereocenters. The Hall–Kier alpha value is -1.35. The van der Waals surface area contributed by atoms with E-state index in [-0.39, 0.29) is 5.60 Å². The first-order valence-corrected chi connectivity index (χ1v) is 5.93. The zero-order valence-corrected chi connectivity index (χ0v) is 10.3. The van der Waals surface area contributed by atoms with E-state index in [1.165, 1.54) is 0 Å². The van der Waals surface area contributed by atoms with Crippen molar-refractivity contribution in [3.63, 3.8) is 0 Å². The number of hydrogen-bond acceptors (Lipinski definition) is 2. The van der Waals surface area contributed by atoms with Crippen LogP contribution >= 0.6 is 0 Å². The van der Waals surface area contributed by atoms with Crippen molar-refractivity contribution in [1.82, 2.24) is 0 Å². The third kappa shape index (κ3) is 2.67. The maximum atomic E-state index is 10.9. The smallest absolute Gasteiger partial charge is 0.310 e. The van der Waals surface area contributed by atoms with Gasteiger partial charge in [-0.2, -0.15) is 0 Å². The van der Waals surface area contributed by atoms with E-state index in [2.05, 4.69) is 0 Å². The number of carbonyl (C=O) groups is 1. The van der Waals surface area contributed by atoms with Crippen LogP contribution in [-0.4, -0.2) is 23.8 Å². The van der Waals surface area contributed by atoms with Crippen LogP contribution in [0.5, 0.6) is 0 Å². The highest BCUT2D eigenvalue weighted by Crippen LogP contribution is 2.42. The third-order valence-electron chi connectivity index (χ3n) is 3.59. The number of carboxylic acids is 1. The van der Waals surface area contributed by atoms with Gasteiger partial charge in [-0.15, -0.1) is 0 Å². The minimum absolute atomic E-state index is 0.0189. The summed E-state index contributed by atoms with van der Waals surface area (Å²) < 4.78 is 5.48. The molecule has 3 heteroatoms. The quantitative estimate of drug-likeness (QED) is 0.851. The number of aliphatic carboxylic acids is 1. The first-order chi connectivity index (χ1) is 8.06. The number of methoxy groups -OCH3 is 1. The molecule has 92 valence electrons. The Morgan fingerprint density at radius 1 is 1.53 bits per heavy atom. The zero-order chi connectivity index (χ0) is 12.5. The SMILES string of the molecule is COC1(Cc2cccc(C(C)C(=O)O)c2)CC1. The summed E-state index contributed by atoms with van der Waals surface area (Å²) in [7, 11) is 1.75. The van der Waals surface area contributed by atoms with Crippen LogP contribution in [0, 0.1) is 0 Å². The Labute approximate surface area is 101 Å². The highest BCUT2D eigenvalue weighted by atomic mass is 16.5. The van der Waals surface area contributed by atoms with Crippen LogP contribution in [0.1, 0.15) is 36.8 Å². The van der Waals surface area contributed by atoms with Gasteiger partial charge in [-0.25, -0.2) is 0 Å². The van der Waals surface area contributed by atoms with Crippen LogP contribution in [0.25, 0.3) is 0 Å². The van der Waals surface area contributed by atoms with Crippen molar-refractivity contribution in [2.75, 3.05) is 7.11 Å². The Kier molecular flexibility index (Phi) is 3.20. The summed E-state index contributed by atoms with van der Waals surface area (Å²) in [6, 6.07) is 7.82. The van der Waals surface area contributed by atoms with Crippen LogP contribution in [0.4, 0.5) is 0 Å². The van der Waals surface area contributed by atoms with E-state index < -0.39 is 11.9 Å². The standard InChI is InChI=1S/C14H18O3/c1-10(13(15)16)12-5-3-4-11(8-12)9-14(17-2)6-7-14/h3-5,8,10H,6-7,9H2,1-2H3,(H,15,16). The molecule has 1 aliphatic rings. The molecule has 1 N–H and O–H groups in total. The predicted molar refractivity (Wildman–Crippen MR) is 65.2 cm³/mol. The molecule has 0 saturated heterocycles. The van der Waals surface area contributed by atoms with Crippen LogP contribution in [0.2, 0.25) is 0 Å². The largest absolute Gasteiger partial charge is 0.481 e. The number of ether oxygens (including phenoxy) is 1. The Morgan fingerprint density at radius 2 is 2.24 bits per heavy atom. The van der Waals surface area contributed by atoms with Crippen molar-refractivity contribution < 1.29 is 14.6 Å². The molecular formula is C14H18O3. The molecule has 0 heterocycles. The van der Waals surface area contributed by atoms with Gasteiger partial charge in [0.05, 0.1) is 11.5 Å². The van der Waals surface area contributed by atoms with Crippen molar-refractivity contribution in [2.45, 2.75) is 37.7 Å². The van der Waals surface area contributed by atoms with Crippen molar-refractivity contribution >= 4 is 5.97 Å². The van der Waals surface area contributed by atoms with Gasteiger partial charge in [0.15, 0.2) is 0 Å². The number of rotatable bonds is 5. The molecule has 1 atom stereocenters. The lowest BCUT2D eigenvalue weighted by molar-refractivity contribution is -0.138. The van der Waals surface area contributed by atoms with Gasteiger partial charge in [-0.05, 0) is 30.9 Å². The van der Waals surface area contributed by atoms with Crippen molar-refractivity contribution in [3.05, 3.63) is 35.4 Å². The summed E-state index contributed by atoms with van der Waals surface area (Å²) in [5.74, 6) is -1.23. The van der Waals surface area contributed by atoms with Crippen LogP contribution in [0.3, 0.4) is 0 Å². The van der Waals surface area contributed by atoms with Gasteiger partial charge in [-0.1, -0.05) is 24.3 Å². The fraction of sp³-hybridized carbons (Fsp3) is 0.500. The molecule has 0 amide bonds. The van der Waals surface area contributed by atoms with Crippen molar-refractivity contribution in [1.29, 1.82) is 0 Å². The predicted octanol–water partition coefficient (Wildman–Crippen LogP) is 2.60. The fourth-order valence-corrected chi connectivity index (χ4v) is 2.08. The molecule has 1 aliphatic carbocycles. The lowest BCUT2D eigenvalue weighted by Gasteiger charge is -2.14. The molecule has 3 nitrogen and oxygen atoms in total. The third-order valence-corrected chi connectivity index (χ3v) is 3.59. The van der Waals surface area contributed by atoms with Crippen LogP contribution in [0.15, 0.2) is 24.3 Å². The van der Waals surface area contributed by atoms with Gasteiger partial charge >= 0.3 is 5.97 Å². The first kappa shape index (κ1) is 12.1. The second-order valence-corrected chi connectivity index (χ2v) is 4.87. The van der Waals surface area contributed by atoms with Crippen LogP contribution in [-0.2, 0) is 16.0 Å². The number of hydrogen-bond donors (Lipinski definition) is 1. The molecule has 0 spiro atoms. The number of benzene rings is 1. The highest BCUT2D eigenvalue weighted by Gasteiger charge is 2.42. The normalized spacial score (nSPS) is 18.7. The molecule has 1 aromatic rings. The summed E-state index contributed by atoms with van der Waals surface area (Å²) in [6.07, 6.45) is 3.08. The molecule has 0 bridgehead atoms. The van der Waals surface area contributed by atoms with E-state index in [4.69, 9.17) is 9.84 Å². The van der Waals surface area contributed by atoms with Gasteiger partial charge in [0.1, 0.15) is 0 Å². The summed E-state index contributed by atoms with van der Waals surface area (Å²) in [6.45, 7) is 1.71. The van der Waals surface area contributed by atoms with Crippen LogP contribution < -0.4 is 0 Å². The second kappa shape index (κ2) is 4.49. The molecule has 17 heavy (non-hydrogen) atoms. The highest BCUT2D eigenvalue weighted by molar-refractivity contribution is 5.75. The zero-order valence-electron chi connectivity index (χ0n) is 10.3. The first-order valence-electron chi connectivity index (χ1n) is 5.93. The van der Waals surface area contributed by atoms with E-state index in [9.17, 15) is 4.79 Å². The van der Waals surface area contributed by atoms with E-state index in [0.29, 0.717) is 0 Å². The molecular weight excluding hydrogens is 216 g/mol. The maximum Gasteiger partial charge on any atom is 0.310 e. The molecule has 1 aromatic carbocycles. The van der Waals surface area contributed by atoms with Gasteiger partial charge in [0.25, 0.3) is 0 Å². The summed E-state index contributed by atoms with van der Waals surface area (Å²) in [5.41, 5.74) is 2.04. The monoisotopic (exact) mass is 234 g/mol. The topological polar surface area (TPSA) is 46.5 Å². The molecule has 0 radical (unpaired) electrons. The van der Waals surface area contributed by atoms with Crippen molar-refractivity contribution in [2.24, 2.45) is 0 Å². The molecule has 1 fully saturated rings. The van der Waals surface area contributed by atoms with Crippen molar-refractivity contribution in [3.8, 4) is 0 Å². The molecule has 0 aliphatic heterocycles. The van der Waals surface area contributed by atoms with Gasteiger partial charge in [0, 0.05) is 13.5 Å². The summed E-state index contributed by atoms with van der Waals surface area (Å²) in [4.78, 5) is 10.9. The average molecular weight is 234 g/mol. The van der Waals surface area contributed by atoms with Gasteiger partial charge in [-0.3, -0.25) is 4.79 Å². The Balaban J connectivity index is 2.14. The Bertz CT molecular complexity index is 421. The molecule has 1 saturated carbocycles. The van der Waals surface area contributed by atoms with E-state index in [0.717, 1.165) is 30.4 Å². The summed E-state index contributed by atoms with van der Waals surface area (Å²) in [5, 5.41) is 8.99. The lowest BCUT2D eigenvalue weighted by atomic mass is 9.97. The average Bonchev–Trinajstić information content (AvgIpc) is 3.09. The summed E-state index contributed by atoms with van der Waals surface area (Å²) >= 11 is 0. The molecule has 0 aromatic heterocycles. The molecule has 2 rings (SSSR count). The van der Waals surface area contributed by atoms with Gasteiger partial charge < -0.3 is 9.84 Å². The van der Waals surface area contributed by atoms with Gasteiger partial charge in [0.2, 0.25) is 0 Å². The van der Waals surface area contributed by atoms with E-state index in [1.54, 1.807) is 14.0 Å². The second-order valence-electron chi connectivity index (χ2n) is 4.87. The minimum Gasteiger partial charge on any atom is -0.481 e. The Morgan fingerprint density at radius 3 is 2.76 bits per heavy atom. The lowest BCUT2D eigenvalue weighted by Crippen LogP contribution is -2.15. The number of carboxylic acid groups (broad SMARTS) is 1. The van der Waals surface area contributed by atoms with E-state index >= 15 is 0 Å². The fourth-order valence-electron chi connectivity index (χ4n) is 2.08.